The molecule has 1 aromatic carbocycles. The van der Waals surface area contributed by atoms with E-state index in [9.17, 15) is 4.79 Å². The minimum atomic E-state index is -0.448. The van der Waals surface area contributed by atoms with Crippen molar-refractivity contribution in [1.82, 2.24) is 10.2 Å². The summed E-state index contributed by atoms with van der Waals surface area (Å²) in [5.74, 6) is 0. The highest BCUT2D eigenvalue weighted by molar-refractivity contribution is 5.68. The van der Waals surface area contributed by atoms with Gasteiger partial charge in [0.25, 0.3) is 0 Å². The molecule has 0 aliphatic carbocycles. The van der Waals surface area contributed by atoms with Crippen molar-refractivity contribution >= 4 is 6.09 Å². The lowest BCUT2D eigenvalue weighted by atomic mass is 10.0. The molecule has 1 heterocycles. The molecular formula is C17H26N2O2. The van der Waals surface area contributed by atoms with E-state index in [1.165, 1.54) is 5.56 Å². The van der Waals surface area contributed by atoms with E-state index in [0.717, 1.165) is 13.0 Å². The number of carbonyl (C=O) groups excluding carboxylic acids is 1. The highest BCUT2D eigenvalue weighted by Crippen LogP contribution is 2.16. The van der Waals surface area contributed by atoms with Gasteiger partial charge < -0.3 is 15.0 Å². The maximum atomic E-state index is 12.3. The van der Waals surface area contributed by atoms with E-state index >= 15 is 0 Å². The highest BCUT2D eigenvalue weighted by Gasteiger charge is 2.31. The average Bonchev–Trinajstić information content (AvgIpc) is 2.40. The smallest absolute Gasteiger partial charge is 0.410 e. The van der Waals surface area contributed by atoms with Gasteiger partial charge in [0, 0.05) is 25.2 Å². The molecular weight excluding hydrogens is 264 g/mol. The molecule has 0 spiro atoms. The van der Waals surface area contributed by atoms with E-state index in [-0.39, 0.29) is 18.2 Å². The fourth-order valence-corrected chi connectivity index (χ4v) is 2.54. The van der Waals surface area contributed by atoms with Crippen LogP contribution in [0, 0.1) is 0 Å². The zero-order valence-corrected chi connectivity index (χ0v) is 13.4. The Morgan fingerprint density at radius 3 is 2.62 bits per heavy atom. The van der Waals surface area contributed by atoms with Crippen molar-refractivity contribution in [3.63, 3.8) is 0 Å². The third kappa shape index (κ3) is 4.74. The number of ether oxygens (including phenoxy) is 1. The number of rotatable bonds is 2. The minimum absolute atomic E-state index is 0.159. The SMILES string of the molecule is CC1CNC(Cc2ccccc2)CN1C(=O)OC(C)(C)C. The first-order valence-electron chi connectivity index (χ1n) is 7.62. The van der Waals surface area contributed by atoms with Crippen LogP contribution in [-0.4, -0.2) is 41.8 Å². The Hall–Kier alpha value is -1.55. The van der Waals surface area contributed by atoms with Gasteiger partial charge in [0.1, 0.15) is 5.60 Å². The van der Waals surface area contributed by atoms with Crippen molar-refractivity contribution in [3.8, 4) is 0 Å². The second-order valence-electron chi connectivity index (χ2n) is 6.78. The molecule has 1 aliphatic rings. The standard InChI is InChI=1S/C17H26N2O2/c1-13-11-18-15(10-14-8-6-5-7-9-14)12-19(13)16(20)21-17(2,3)4/h5-9,13,15,18H,10-12H2,1-4H3. The molecule has 4 nitrogen and oxygen atoms in total. The van der Waals surface area contributed by atoms with Crippen molar-refractivity contribution in [2.24, 2.45) is 0 Å². The Labute approximate surface area is 127 Å². The normalized spacial score (nSPS) is 23.0. The summed E-state index contributed by atoms with van der Waals surface area (Å²) in [5.41, 5.74) is 0.838. The summed E-state index contributed by atoms with van der Waals surface area (Å²) in [6.45, 7) is 9.25. The van der Waals surface area contributed by atoms with Gasteiger partial charge in [0.15, 0.2) is 0 Å². The van der Waals surface area contributed by atoms with Crippen LogP contribution in [0.2, 0.25) is 0 Å². The topological polar surface area (TPSA) is 41.6 Å². The van der Waals surface area contributed by atoms with Crippen LogP contribution in [0.25, 0.3) is 0 Å². The number of hydrogen-bond donors (Lipinski definition) is 1. The molecule has 0 saturated carbocycles. The molecule has 0 aromatic heterocycles. The van der Waals surface area contributed by atoms with Crippen molar-refractivity contribution in [2.45, 2.75) is 51.8 Å². The van der Waals surface area contributed by atoms with E-state index in [4.69, 9.17) is 4.74 Å². The summed E-state index contributed by atoms with van der Waals surface area (Å²) in [4.78, 5) is 14.1. The molecule has 2 atom stereocenters. The summed E-state index contributed by atoms with van der Waals surface area (Å²) >= 11 is 0. The average molecular weight is 290 g/mol. The lowest BCUT2D eigenvalue weighted by Crippen LogP contribution is -2.58. The molecule has 2 unspecified atom stereocenters. The van der Waals surface area contributed by atoms with Gasteiger partial charge in [0.05, 0.1) is 0 Å². The summed E-state index contributed by atoms with van der Waals surface area (Å²) < 4.78 is 5.51. The molecule has 1 saturated heterocycles. The summed E-state index contributed by atoms with van der Waals surface area (Å²) in [5, 5.41) is 3.52. The zero-order valence-electron chi connectivity index (χ0n) is 13.4. The third-order valence-corrected chi connectivity index (χ3v) is 3.60. The molecule has 21 heavy (non-hydrogen) atoms. The molecule has 0 bridgehead atoms. The molecule has 0 radical (unpaired) electrons. The Kier molecular flexibility index (Phi) is 4.88. The van der Waals surface area contributed by atoms with Gasteiger partial charge in [-0.1, -0.05) is 30.3 Å². The van der Waals surface area contributed by atoms with E-state index < -0.39 is 5.60 Å². The van der Waals surface area contributed by atoms with Gasteiger partial charge in [-0.2, -0.15) is 0 Å². The lowest BCUT2D eigenvalue weighted by Gasteiger charge is -2.39. The first kappa shape index (κ1) is 15.8. The van der Waals surface area contributed by atoms with Crippen molar-refractivity contribution in [2.75, 3.05) is 13.1 Å². The Bertz CT molecular complexity index is 467. The largest absolute Gasteiger partial charge is 0.444 e. The zero-order chi connectivity index (χ0) is 15.5. The number of carbonyl (C=O) groups is 1. The maximum Gasteiger partial charge on any atom is 0.410 e. The molecule has 116 valence electrons. The lowest BCUT2D eigenvalue weighted by molar-refractivity contribution is 0.00967. The number of nitrogens with one attached hydrogen (secondary N) is 1. The van der Waals surface area contributed by atoms with E-state index in [1.807, 2.05) is 43.9 Å². The Balaban J connectivity index is 1.97. The first-order valence-corrected chi connectivity index (χ1v) is 7.62. The second-order valence-corrected chi connectivity index (χ2v) is 6.78. The summed E-state index contributed by atoms with van der Waals surface area (Å²) in [7, 11) is 0. The summed E-state index contributed by atoms with van der Waals surface area (Å²) in [6, 6.07) is 10.8. The van der Waals surface area contributed by atoms with Crippen LogP contribution < -0.4 is 5.32 Å². The highest BCUT2D eigenvalue weighted by atomic mass is 16.6. The van der Waals surface area contributed by atoms with Crippen LogP contribution in [0.1, 0.15) is 33.3 Å². The molecule has 1 N–H and O–H groups in total. The molecule has 2 rings (SSSR count). The van der Waals surface area contributed by atoms with Gasteiger partial charge >= 0.3 is 6.09 Å². The predicted octanol–water partition coefficient (Wildman–Crippen LogP) is 2.83. The van der Waals surface area contributed by atoms with E-state index in [1.54, 1.807) is 0 Å². The van der Waals surface area contributed by atoms with Crippen LogP contribution >= 0.6 is 0 Å². The van der Waals surface area contributed by atoms with Gasteiger partial charge in [-0.05, 0) is 39.7 Å². The van der Waals surface area contributed by atoms with Crippen LogP contribution in [-0.2, 0) is 11.2 Å². The third-order valence-electron chi connectivity index (χ3n) is 3.60. The van der Waals surface area contributed by atoms with Crippen LogP contribution in [0.15, 0.2) is 30.3 Å². The van der Waals surface area contributed by atoms with Crippen molar-refractivity contribution < 1.29 is 9.53 Å². The quantitative estimate of drug-likeness (QED) is 0.910. The number of amides is 1. The Morgan fingerprint density at radius 2 is 2.00 bits per heavy atom. The molecule has 1 fully saturated rings. The van der Waals surface area contributed by atoms with Crippen LogP contribution in [0.5, 0.6) is 0 Å². The molecule has 1 aromatic rings. The number of benzene rings is 1. The first-order chi connectivity index (χ1) is 9.85. The number of piperazine rings is 1. The molecule has 4 heteroatoms. The number of hydrogen-bond acceptors (Lipinski definition) is 3. The van der Waals surface area contributed by atoms with Crippen molar-refractivity contribution in [1.29, 1.82) is 0 Å². The second kappa shape index (κ2) is 6.48. The number of nitrogens with zero attached hydrogens (tertiary/aromatic N) is 1. The Morgan fingerprint density at radius 1 is 1.33 bits per heavy atom. The van der Waals surface area contributed by atoms with Gasteiger partial charge in [-0.3, -0.25) is 0 Å². The van der Waals surface area contributed by atoms with Gasteiger partial charge in [-0.15, -0.1) is 0 Å². The summed E-state index contributed by atoms with van der Waals surface area (Å²) in [6.07, 6.45) is 0.710. The maximum absolute atomic E-state index is 12.3. The van der Waals surface area contributed by atoms with Crippen molar-refractivity contribution in [3.05, 3.63) is 35.9 Å². The van der Waals surface area contributed by atoms with E-state index in [2.05, 4.69) is 24.4 Å². The van der Waals surface area contributed by atoms with Crippen LogP contribution in [0.3, 0.4) is 0 Å². The van der Waals surface area contributed by atoms with Crippen LogP contribution in [0.4, 0.5) is 4.79 Å². The monoisotopic (exact) mass is 290 g/mol. The van der Waals surface area contributed by atoms with Gasteiger partial charge in [-0.25, -0.2) is 4.79 Å². The fourth-order valence-electron chi connectivity index (χ4n) is 2.54. The van der Waals surface area contributed by atoms with E-state index in [0.29, 0.717) is 6.54 Å². The molecule has 1 aliphatic heterocycles. The minimum Gasteiger partial charge on any atom is -0.444 e. The van der Waals surface area contributed by atoms with Gasteiger partial charge in [0.2, 0.25) is 0 Å². The molecule has 1 amide bonds. The predicted molar refractivity (Wildman–Crippen MR) is 84.3 cm³/mol. The fraction of sp³-hybridized carbons (Fsp3) is 0.588.